The van der Waals surface area contributed by atoms with Crippen LogP contribution in [0.25, 0.3) is 0 Å². The SMILES string of the molecule is CC(C)(C)C(=O)O[C@@H]1C=C[C@@H](O)C1. The number of ether oxygens (including phenoxy) is 1. The second-order valence-electron chi connectivity index (χ2n) is 4.38. The Hall–Kier alpha value is -0.830. The van der Waals surface area contributed by atoms with E-state index in [1.165, 1.54) is 0 Å². The van der Waals surface area contributed by atoms with Gasteiger partial charge in [0.25, 0.3) is 0 Å². The number of carbonyl (C=O) groups is 1. The van der Waals surface area contributed by atoms with Gasteiger partial charge in [0.15, 0.2) is 0 Å². The van der Waals surface area contributed by atoms with Crippen LogP contribution in [0.5, 0.6) is 0 Å². The van der Waals surface area contributed by atoms with Crippen LogP contribution in [0.3, 0.4) is 0 Å². The highest BCUT2D eigenvalue weighted by molar-refractivity contribution is 5.75. The topological polar surface area (TPSA) is 46.5 Å². The Bertz CT molecular complexity index is 225. The number of aliphatic hydroxyl groups is 1. The number of aliphatic hydroxyl groups excluding tert-OH is 1. The Kier molecular flexibility index (Phi) is 2.76. The lowest BCUT2D eigenvalue weighted by Crippen LogP contribution is -2.27. The van der Waals surface area contributed by atoms with Gasteiger partial charge < -0.3 is 9.84 Å². The van der Waals surface area contributed by atoms with E-state index in [1.54, 1.807) is 12.2 Å². The van der Waals surface area contributed by atoms with Gasteiger partial charge in [-0.15, -0.1) is 0 Å². The summed E-state index contributed by atoms with van der Waals surface area (Å²) in [7, 11) is 0. The Balaban J connectivity index is 2.43. The third-order valence-corrected chi connectivity index (χ3v) is 1.89. The minimum atomic E-state index is -0.471. The number of esters is 1. The van der Waals surface area contributed by atoms with Crippen molar-refractivity contribution in [2.24, 2.45) is 5.41 Å². The molecule has 3 heteroatoms. The van der Waals surface area contributed by atoms with Crippen LogP contribution in [0.1, 0.15) is 27.2 Å². The largest absolute Gasteiger partial charge is 0.458 e. The van der Waals surface area contributed by atoms with Gasteiger partial charge in [-0.25, -0.2) is 0 Å². The van der Waals surface area contributed by atoms with Crippen molar-refractivity contribution in [3.63, 3.8) is 0 Å². The lowest BCUT2D eigenvalue weighted by Gasteiger charge is -2.19. The van der Waals surface area contributed by atoms with Crippen molar-refractivity contribution in [3.05, 3.63) is 12.2 Å². The van der Waals surface area contributed by atoms with E-state index in [9.17, 15) is 4.79 Å². The molecule has 1 aliphatic rings. The molecule has 0 unspecified atom stereocenters. The zero-order valence-corrected chi connectivity index (χ0v) is 8.28. The van der Waals surface area contributed by atoms with Crippen LogP contribution in [0.4, 0.5) is 0 Å². The maximum absolute atomic E-state index is 11.4. The van der Waals surface area contributed by atoms with E-state index < -0.39 is 11.5 Å². The molecule has 2 atom stereocenters. The molecule has 0 aliphatic heterocycles. The minimum absolute atomic E-state index is 0.226. The van der Waals surface area contributed by atoms with Gasteiger partial charge in [-0.3, -0.25) is 4.79 Å². The molecule has 0 bridgehead atoms. The van der Waals surface area contributed by atoms with Crippen LogP contribution in [0.2, 0.25) is 0 Å². The molecule has 0 aromatic rings. The normalized spacial score (nSPS) is 27.7. The number of carbonyl (C=O) groups excluding carboxylic acids is 1. The van der Waals surface area contributed by atoms with Crippen LogP contribution in [-0.4, -0.2) is 23.3 Å². The highest BCUT2D eigenvalue weighted by Crippen LogP contribution is 2.20. The summed E-state index contributed by atoms with van der Waals surface area (Å²) in [4.78, 5) is 11.4. The van der Waals surface area contributed by atoms with Crippen LogP contribution in [-0.2, 0) is 9.53 Å². The molecule has 3 nitrogen and oxygen atoms in total. The first-order valence-electron chi connectivity index (χ1n) is 4.47. The second-order valence-corrected chi connectivity index (χ2v) is 4.38. The Morgan fingerprint density at radius 1 is 1.46 bits per heavy atom. The predicted molar refractivity (Wildman–Crippen MR) is 49.1 cm³/mol. The Morgan fingerprint density at radius 2 is 2.08 bits per heavy atom. The molecular formula is C10H16O3. The van der Waals surface area contributed by atoms with E-state index in [-0.39, 0.29) is 12.1 Å². The van der Waals surface area contributed by atoms with E-state index in [0.29, 0.717) is 6.42 Å². The van der Waals surface area contributed by atoms with Crippen LogP contribution < -0.4 is 0 Å². The summed E-state index contributed by atoms with van der Waals surface area (Å²) in [5.74, 6) is -0.226. The van der Waals surface area contributed by atoms with Crippen LogP contribution >= 0.6 is 0 Å². The van der Waals surface area contributed by atoms with E-state index >= 15 is 0 Å². The van der Waals surface area contributed by atoms with Crippen LogP contribution in [0, 0.1) is 5.41 Å². The number of hydrogen-bond acceptors (Lipinski definition) is 3. The fourth-order valence-electron chi connectivity index (χ4n) is 1.05. The van der Waals surface area contributed by atoms with Crippen molar-refractivity contribution in [2.75, 3.05) is 0 Å². The fraction of sp³-hybridized carbons (Fsp3) is 0.700. The average Bonchev–Trinajstić information content (AvgIpc) is 2.33. The highest BCUT2D eigenvalue weighted by atomic mass is 16.5. The van der Waals surface area contributed by atoms with Gasteiger partial charge in [0.1, 0.15) is 6.10 Å². The molecule has 0 aromatic heterocycles. The van der Waals surface area contributed by atoms with Crippen molar-refractivity contribution >= 4 is 5.97 Å². The van der Waals surface area contributed by atoms with Gasteiger partial charge in [-0.05, 0) is 26.8 Å². The van der Waals surface area contributed by atoms with Gasteiger partial charge in [0.05, 0.1) is 11.5 Å². The van der Waals surface area contributed by atoms with Crippen molar-refractivity contribution in [1.82, 2.24) is 0 Å². The molecule has 1 N–H and O–H groups in total. The fourth-order valence-corrected chi connectivity index (χ4v) is 1.05. The first kappa shape index (κ1) is 10.3. The lowest BCUT2D eigenvalue weighted by molar-refractivity contribution is -0.156. The molecule has 0 amide bonds. The molecule has 0 heterocycles. The second kappa shape index (κ2) is 3.50. The molecule has 0 fully saturated rings. The molecule has 1 aliphatic carbocycles. The standard InChI is InChI=1S/C10H16O3/c1-10(2,3)9(12)13-8-5-4-7(11)6-8/h4-5,7-8,11H,6H2,1-3H3/t7-,8-/m1/s1. The van der Waals surface area contributed by atoms with E-state index in [1.807, 2.05) is 20.8 Å². The van der Waals surface area contributed by atoms with Crippen molar-refractivity contribution in [3.8, 4) is 0 Å². The number of hydrogen-bond donors (Lipinski definition) is 1. The Labute approximate surface area is 78.4 Å². The van der Waals surface area contributed by atoms with E-state index in [2.05, 4.69) is 0 Å². The molecule has 1 rings (SSSR count). The summed E-state index contributed by atoms with van der Waals surface area (Å²) in [6, 6.07) is 0. The molecular weight excluding hydrogens is 168 g/mol. The average molecular weight is 184 g/mol. The van der Waals surface area contributed by atoms with E-state index in [0.717, 1.165) is 0 Å². The van der Waals surface area contributed by atoms with Gasteiger partial charge >= 0.3 is 5.97 Å². The Morgan fingerprint density at radius 3 is 2.46 bits per heavy atom. The minimum Gasteiger partial charge on any atom is -0.458 e. The van der Waals surface area contributed by atoms with E-state index in [4.69, 9.17) is 9.84 Å². The monoisotopic (exact) mass is 184 g/mol. The maximum Gasteiger partial charge on any atom is 0.311 e. The maximum atomic E-state index is 11.4. The summed E-state index contributed by atoms with van der Waals surface area (Å²) < 4.78 is 5.16. The van der Waals surface area contributed by atoms with Crippen molar-refractivity contribution in [1.29, 1.82) is 0 Å². The van der Waals surface area contributed by atoms with Gasteiger partial charge in [0.2, 0.25) is 0 Å². The molecule has 0 saturated heterocycles. The molecule has 0 saturated carbocycles. The molecule has 0 radical (unpaired) electrons. The first-order valence-corrected chi connectivity index (χ1v) is 4.47. The van der Waals surface area contributed by atoms with Gasteiger partial charge in [-0.1, -0.05) is 6.08 Å². The summed E-state index contributed by atoms with van der Waals surface area (Å²) in [5, 5.41) is 9.14. The van der Waals surface area contributed by atoms with Gasteiger partial charge in [-0.2, -0.15) is 0 Å². The van der Waals surface area contributed by atoms with Crippen molar-refractivity contribution < 1.29 is 14.6 Å². The third-order valence-electron chi connectivity index (χ3n) is 1.89. The molecule has 0 spiro atoms. The molecule has 13 heavy (non-hydrogen) atoms. The summed E-state index contributed by atoms with van der Waals surface area (Å²) in [5.41, 5.74) is -0.471. The predicted octanol–water partition coefficient (Wildman–Crippen LogP) is 1.27. The molecule has 0 aromatic carbocycles. The zero-order chi connectivity index (χ0) is 10.1. The summed E-state index contributed by atoms with van der Waals surface area (Å²) >= 11 is 0. The summed E-state index contributed by atoms with van der Waals surface area (Å²) in [6.45, 7) is 5.43. The summed E-state index contributed by atoms with van der Waals surface area (Å²) in [6.07, 6.45) is 3.16. The third kappa shape index (κ3) is 2.84. The highest BCUT2D eigenvalue weighted by Gasteiger charge is 2.27. The first-order chi connectivity index (χ1) is 5.89. The zero-order valence-electron chi connectivity index (χ0n) is 8.28. The van der Waals surface area contributed by atoms with Crippen molar-refractivity contribution in [2.45, 2.75) is 39.4 Å². The lowest BCUT2D eigenvalue weighted by atomic mass is 9.97. The van der Waals surface area contributed by atoms with Crippen LogP contribution in [0.15, 0.2) is 12.2 Å². The smallest absolute Gasteiger partial charge is 0.311 e. The quantitative estimate of drug-likeness (QED) is 0.493. The molecule has 74 valence electrons. The number of rotatable bonds is 1. The van der Waals surface area contributed by atoms with Gasteiger partial charge in [0, 0.05) is 6.42 Å².